The number of halogens is 2. The Morgan fingerprint density at radius 1 is 1.36 bits per heavy atom. The van der Waals surface area contributed by atoms with Crippen LogP contribution in [0.3, 0.4) is 0 Å². The highest BCUT2D eigenvalue weighted by molar-refractivity contribution is 6.02. The number of aliphatic hydroxyl groups is 1. The molecule has 0 aromatic heterocycles. The van der Waals surface area contributed by atoms with Crippen LogP contribution in [0.4, 0.5) is 8.78 Å². The van der Waals surface area contributed by atoms with Crippen molar-refractivity contribution in [3.05, 3.63) is 29.3 Å². The molecule has 0 radical (unpaired) electrons. The van der Waals surface area contributed by atoms with Crippen LogP contribution < -0.4 is 10.2 Å². The third-order valence-corrected chi connectivity index (χ3v) is 3.68. The smallest absolute Gasteiger partial charge is 0.190 e. The second-order valence-corrected chi connectivity index (χ2v) is 6.47. The van der Waals surface area contributed by atoms with Crippen LogP contribution in [-0.2, 0) is 0 Å². The van der Waals surface area contributed by atoms with Gasteiger partial charge in [0, 0.05) is 23.4 Å². The molecule has 0 saturated heterocycles. The summed E-state index contributed by atoms with van der Waals surface area (Å²) in [6.07, 6.45) is 0.866. The van der Waals surface area contributed by atoms with Crippen molar-refractivity contribution in [2.24, 2.45) is 16.4 Å². The first-order chi connectivity index (χ1) is 10.3. The van der Waals surface area contributed by atoms with Crippen molar-refractivity contribution in [2.45, 2.75) is 27.2 Å². The monoisotopic (exact) mass is 312 g/mol. The van der Waals surface area contributed by atoms with Gasteiger partial charge in [0.15, 0.2) is 17.4 Å². The molecule has 1 heterocycles. The second kappa shape index (κ2) is 6.60. The molecule has 0 aliphatic carbocycles. The summed E-state index contributed by atoms with van der Waals surface area (Å²) in [5.41, 5.74) is 3.35. The highest BCUT2D eigenvalue weighted by atomic mass is 19.1. The Kier molecular flexibility index (Phi) is 5.01. The first-order valence-corrected chi connectivity index (χ1v) is 7.37. The van der Waals surface area contributed by atoms with Gasteiger partial charge in [0.25, 0.3) is 0 Å². The first kappa shape index (κ1) is 16.7. The molecular weight excluding hydrogens is 290 g/mol. The van der Waals surface area contributed by atoms with E-state index in [1.807, 2.05) is 6.92 Å². The molecule has 1 aromatic carbocycles. The molecule has 0 bridgehead atoms. The molecule has 0 amide bonds. The van der Waals surface area contributed by atoms with Gasteiger partial charge in [-0.25, -0.2) is 8.78 Å². The summed E-state index contributed by atoms with van der Waals surface area (Å²) in [5, 5.41) is 13.3. The number of nitrogens with zero attached hydrogens (tertiary/aromatic N) is 1. The minimum atomic E-state index is -0.760. The van der Waals surface area contributed by atoms with Crippen molar-refractivity contribution in [2.75, 3.05) is 19.8 Å². The summed E-state index contributed by atoms with van der Waals surface area (Å²) in [6, 6.07) is 2.49. The van der Waals surface area contributed by atoms with Crippen LogP contribution in [0.2, 0.25) is 0 Å². The van der Waals surface area contributed by atoms with Gasteiger partial charge in [-0.15, -0.1) is 0 Å². The minimum Gasteiger partial charge on any atom is -0.487 e. The molecule has 6 heteroatoms. The molecule has 1 aromatic rings. The Morgan fingerprint density at radius 3 is 2.55 bits per heavy atom. The van der Waals surface area contributed by atoms with Crippen LogP contribution in [0.5, 0.6) is 5.75 Å². The van der Waals surface area contributed by atoms with Crippen molar-refractivity contribution >= 4 is 5.71 Å². The number of hydrogen-bond donors (Lipinski definition) is 2. The van der Waals surface area contributed by atoms with Gasteiger partial charge in [0.1, 0.15) is 0 Å². The average Bonchev–Trinajstić information content (AvgIpc) is 2.46. The van der Waals surface area contributed by atoms with Crippen LogP contribution in [0, 0.1) is 23.0 Å². The predicted octanol–water partition coefficient (Wildman–Crippen LogP) is 2.70. The van der Waals surface area contributed by atoms with E-state index < -0.39 is 22.8 Å². The maximum absolute atomic E-state index is 14.2. The fraction of sp³-hybridized carbons (Fsp3) is 0.562. The average molecular weight is 312 g/mol. The summed E-state index contributed by atoms with van der Waals surface area (Å²) in [4.78, 5) is 0. The van der Waals surface area contributed by atoms with Crippen LogP contribution in [0.25, 0.3) is 0 Å². The van der Waals surface area contributed by atoms with Crippen LogP contribution in [0.15, 0.2) is 17.2 Å². The van der Waals surface area contributed by atoms with Gasteiger partial charge in [-0.2, -0.15) is 5.10 Å². The summed E-state index contributed by atoms with van der Waals surface area (Å²) < 4.78 is 33.6. The summed E-state index contributed by atoms with van der Waals surface area (Å²) >= 11 is 0. The zero-order valence-corrected chi connectivity index (χ0v) is 13.1. The van der Waals surface area contributed by atoms with Gasteiger partial charge in [0.05, 0.1) is 18.9 Å². The third-order valence-electron chi connectivity index (χ3n) is 3.68. The molecule has 0 saturated carbocycles. The normalized spacial score (nSPS) is 18.6. The Hall–Kier alpha value is -1.69. The maximum atomic E-state index is 14.2. The van der Waals surface area contributed by atoms with E-state index in [0.29, 0.717) is 11.3 Å². The molecule has 2 rings (SSSR count). The second-order valence-electron chi connectivity index (χ2n) is 6.47. The van der Waals surface area contributed by atoms with Crippen molar-refractivity contribution in [1.82, 2.24) is 5.43 Å². The van der Waals surface area contributed by atoms with E-state index in [0.717, 1.165) is 13.0 Å². The van der Waals surface area contributed by atoms with E-state index in [2.05, 4.69) is 10.5 Å². The molecule has 1 atom stereocenters. The summed E-state index contributed by atoms with van der Waals surface area (Å²) in [5.74, 6) is -1.80. The maximum Gasteiger partial charge on any atom is 0.190 e. The molecule has 1 aliphatic rings. The zero-order valence-electron chi connectivity index (χ0n) is 13.1. The topological polar surface area (TPSA) is 53.9 Å². The quantitative estimate of drug-likeness (QED) is 0.879. The standard InChI is InChI=1S/C16H22F2N2O2/c1-10-4-5-19-20-14(10)11-6-12(17)15(13(18)7-11)22-9-16(2,3)8-21/h6-7,10,19,21H,4-5,8-9H2,1-3H3. The number of rotatable bonds is 5. The zero-order chi connectivity index (χ0) is 16.3. The molecule has 0 fully saturated rings. The number of ether oxygens (including phenoxy) is 1. The van der Waals surface area contributed by atoms with Crippen LogP contribution >= 0.6 is 0 Å². The number of aliphatic hydroxyl groups excluding tert-OH is 1. The molecular formula is C16H22F2N2O2. The lowest BCUT2D eigenvalue weighted by molar-refractivity contribution is 0.0929. The molecule has 0 spiro atoms. The lowest BCUT2D eigenvalue weighted by Crippen LogP contribution is -2.27. The fourth-order valence-corrected chi connectivity index (χ4v) is 2.18. The predicted molar refractivity (Wildman–Crippen MR) is 81.0 cm³/mol. The fourth-order valence-electron chi connectivity index (χ4n) is 2.18. The Bertz CT molecular complexity index is 550. The van der Waals surface area contributed by atoms with Gasteiger partial charge < -0.3 is 15.3 Å². The van der Waals surface area contributed by atoms with Crippen molar-refractivity contribution in [3.8, 4) is 5.75 Å². The van der Waals surface area contributed by atoms with Gasteiger partial charge in [0.2, 0.25) is 0 Å². The third kappa shape index (κ3) is 3.74. The largest absolute Gasteiger partial charge is 0.487 e. The summed E-state index contributed by atoms with van der Waals surface area (Å²) in [6.45, 7) is 6.13. The van der Waals surface area contributed by atoms with Crippen LogP contribution in [0.1, 0.15) is 32.8 Å². The number of nitrogens with one attached hydrogen (secondary N) is 1. The molecule has 2 N–H and O–H groups in total. The van der Waals surface area contributed by atoms with Gasteiger partial charge in [-0.05, 0) is 18.6 Å². The van der Waals surface area contributed by atoms with E-state index in [9.17, 15) is 8.78 Å². The van der Waals surface area contributed by atoms with Gasteiger partial charge in [-0.3, -0.25) is 0 Å². The highest BCUT2D eigenvalue weighted by Crippen LogP contribution is 2.27. The SMILES string of the molecule is CC1CCNN=C1c1cc(F)c(OCC(C)(C)CO)c(F)c1. The van der Waals surface area contributed by atoms with Gasteiger partial charge in [-0.1, -0.05) is 20.8 Å². The molecule has 1 aliphatic heterocycles. The lowest BCUT2D eigenvalue weighted by atomic mass is 9.94. The van der Waals surface area contributed by atoms with E-state index in [1.165, 1.54) is 12.1 Å². The highest BCUT2D eigenvalue weighted by Gasteiger charge is 2.23. The van der Waals surface area contributed by atoms with E-state index >= 15 is 0 Å². The Balaban J connectivity index is 2.23. The van der Waals surface area contributed by atoms with E-state index in [-0.39, 0.29) is 19.1 Å². The van der Waals surface area contributed by atoms with Crippen molar-refractivity contribution in [1.29, 1.82) is 0 Å². The van der Waals surface area contributed by atoms with Crippen molar-refractivity contribution in [3.63, 3.8) is 0 Å². The summed E-state index contributed by atoms with van der Waals surface area (Å²) in [7, 11) is 0. The van der Waals surface area contributed by atoms with E-state index in [1.54, 1.807) is 13.8 Å². The Morgan fingerprint density at radius 2 is 2.00 bits per heavy atom. The van der Waals surface area contributed by atoms with Crippen molar-refractivity contribution < 1.29 is 18.6 Å². The minimum absolute atomic E-state index is 0.0234. The number of benzene rings is 1. The molecule has 1 unspecified atom stereocenters. The Labute approximate surface area is 129 Å². The van der Waals surface area contributed by atoms with E-state index in [4.69, 9.17) is 9.84 Å². The molecule has 22 heavy (non-hydrogen) atoms. The lowest BCUT2D eigenvalue weighted by Gasteiger charge is -2.23. The number of hydrogen-bond acceptors (Lipinski definition) is 4. The van der Waals surface area contributed by atoms with Crippen LogP contribution in [-0.4, -0.2) is 30.6 Å². The molecule has 122 valence electrons. The number of hydrazone groups is 1. The van der Waals surface area contributed by atoms with Gasteiger partial charge >= 0.3 is 0 Å². The molecule has 4 nitrogen and oxygen atoms in total. The first-order valence-electron chi connectivity index (χ1n) is 7.37.